The topological polar surface area (TPSA) is 91.6 Å². The van der Waals surface area contributed by atoms with Crippen LogP contribution in [0.15, 0.2) is 41.5 Å². The third-order valence-corrected chi connectivity index (χ3v) is 2.24. The molecule has 0 saturated heterocycles. The van der Waals surface area contributed by atoms with Gasteiger partial charge in [0.1, 0.15) is 17.2 Å². The molecular weight excluding hydrogens is 204 g/mol. The van der Waals surface area contributed by atoms with Gasteiger partial charge in [-0.15, -0.1) is 0 Å². The summed E-state index contributed by atoms with van der Waals surface area (Å²) >= 11 is 0. The van der Waals surface area contributed by atoms with Crippen LogP contribution in [0.5, 0.6) is 0 Å². The Morgan fingerprint density at radius 3 is 3.00 bits per heavy atom. The van der Waals surface area contributed by atoms with Crippen molar-refractivity contribution in [2.45, 2.75) is 0 Å². The average Bonchev–Trinajstić information content (AvgIpc) is 2.72. The molecule has 0 aliphatic heterocycles. The Morgan fingerprint density at radius 1 is 1.56 bits per heavy atom. The van der Waals surface area contributed by atoms with E-state index in [9.17, 15) is 0 Å². The SMILES string of the molecule is CN/C(N)=C(/N=N)c1cn2ccccc2n1. The molecule has 4 N–H and O–H groups in total. The molecule has 0 bridgehead atoms. The zero-order valence-corrected chi connectivity index (χ0v) is 8.81. The van der Waals surface area contributed by atoms with Crippen LogP contribution in [0.4, 0.5) is 0 Å². The molecule has 0 aliphatic carbocycles. The molecule has 82 valence electrons. The van der Waals surface area contributed by atoms with Crippen molar-refractivity contribution >= 4 is 11.3 Å². The lowest BCUT2D eigenvalue weighted by Crippen LogP contribution is -2.16. The molecule has 0 atom stereocenters. The number of fused-ring (bicyclic) bond motifs is 1. The van der Waals surface area contributed by atoms with Crippen LogP contribution in [0, 0.1) is 5.53 Å². The van der Waals surface area contributed by atoms with Crippen LogP contribution in [0.3, 0.4) is 0 Å². The largest absolute Gasteiger partial charge is 0.384 e. The van der Waals surface area contributed by atoms with E-state index in [-0.39, 0.29) is 0 Å². The van der Waals surface area contributed by atoms with Gasteiger partial charge >= 0.3 is 0 Å². The van der Waals surface area contributed by atoms with Crippen molar-refractivity contribution in [2.24, 2.45) is 10.8 Å². The van der Waals surface area contributed by atoms with Gasteiger partial charge in [0.05, 0.1) is 0 Å². The summed E-state index contributed by atoms with van der Waals surface area (Å²) in [5.41, 5.74) is 14.5. The second kappa shape index (κ2) is 4.01. The normalized spacial score (nSPS) is 12.3. The minimum Gasteiger partial charge on any atom is -0.384 e. The summed E-state index contributed by atoms with van der Waals surface area (Å²) in [6.07, 6.45) is 3.66. The van der Waals surface area contributed by atoms with Gasteiger partial charge in [-0.3, -0.25) is 0 Å². The van der Waals surface area contributed by atoms with E-state index < -0.39 is 0 Å². The van der Waals surface area contributed by atoms with Crippen molar-refractivity contribution in [1.29, 1.82) is 5.53 Å². The number of hydrogen-bond donors (Lipinski definition) is 3. The van der Waals surface area contributed by atoms with Gasteiger partial charge in [-0.25, -0.2) is 10.5 Å². The predicted molar refractivity (Wildman–Crippen MR) is 60.5 cm³/mol. The maximum absolute atomic E-state index is 7.10. The lowest BCUT2D eigenvalue weighted by atomic mass is 10.3. The molecule has 16 heavy (non-hydrogen) atoms. The second-order valence-corrected chi connectivity index (χ2v) is 3.22. The molecular formula is C10H12N6. The van der Waals surface area contributed by atoms with E-state index in [0.29, 0.717) is 17.2 Å². The lowest BCUT2D eigenvalue weighted by molar-refractivity contribution is 0.948. The smallest absolute Gasteiger partial charge is 0.152 e. The van der Waals surface area contributed by atoms with E-state index in [0.717, 1.165) is 5.65 Å². The van der Waals surface area contributed by atoms with E-state index >= 15 is 0 Å². The molecule has 0 unspecified atom stereocenters. The zero-order chi connectivity index (χ0) is 11.5. The quantitative estimate of drug-likeness (QED) is 0.672. The molecule has 0 radical (unpaired) electrons. The summed E-state index contributed by atoms with van der Waals surface area (Å²) in [6, 6.07) is 5.68. The first-order valence-electron chi connectivity index (χ1n) is 4.75. The highest BCUT2D eigenvalue weighted by Crippen LogP contribution is 2.16. The van der Waals surface area contributed by atoms with Gasteiger partial charge in [-0.1, -0.05) is 6.07 Å². The Kier molecular flexibility index (Phi) is 2.55. The number of nitrogens with two attached hydrogens (primary N) is 1. The Hall–Kier alpha value is -2.37. The summed E-state index contributed by atoms with van der Waals surface area (Å²) in [5.74, 6) is 0.332. The minimum atomic E-state index is 0.332. The van der Waals surface area contributed by atoms with Crippen LogP contribution in [0.25, 0.3) is 11.3 Å². The molecule has 0 amide bonds. The Bertz CT molecular complexity index is 520. The molecule has 0 fully saturated rings. The van der Waals surface area contributed by atoms with Crippen LogP contribution in [0.2, 0.25) is 0 Å². The molecule has 0 aromatic carbocycles. The highest BCUT2D eigenvalue weighted by atomic mass is 15.1. The van der Waals surface area contributed by atoms with Crippen LogP contribution in [-0.4, -0.2) is 16.4 Å². The van der Waals surface area contributed by atoms with Crippen molar-refractivity contribution < 1.29 is 0 Å². The Morgan fingerprint density at radius 2 is 2.38 bits per heavy atom. The van der Waals surface area contributed by atoms with Crippen molar-refractivity contribution in [3.05, 3.63) is 42.1 Å². The highest BCUT2D eigenvalue weighted by molar-refractivity contribution is 5.65. The third-order valence-electron chi connectivity index (χ3n) is 2.24. The molecule has 0 spiro atoms. The highest BCUT2D eigenvalue weighted by Gasteiger charge is 2.09. The van der Waals surface area contributed by atoms with Crippen LogP contribution < -0.4 is 11.1 Å². The standard InChI is InChI=1S/C10H12N6/c1-13-10(11)9(15-12)7-6-16-5-3-2-4-8(16)14-7/h2-6,12-13H,11H2,1H3/b10-9+,15-12?. The van der Waals surface area contributed by atoms with E-state index in [4.69, 9.17) is 11.3 Å². The van der Waals surface area contributed by atoms with E-state index in [2.05, 4.69) is 15.4 Å². The molecule has 0 saturated carbocycles. The summed E-state index contributed by atoms with van der Waals surface area (Å²) in [6.45, 7) is 0. The van der Waals surface area contributed by atoms with Crippen LogP contribution in [-0.2, 0) is 0 Å². The van der Waals surface area contributed by atoms with Crippen molar-refractivity contribution in [3.63, 3.8) is 0 Å². The van der Waals surface area contributed by atoms with Gasteiger partial charge in [0.25, 0.3) is 0 Å². The number of aromatic nitrogens is 2. The van der Waals surface area contributed by atoms with Crippen LogP contribution in [0.1, 0.15) is 5.69 Å². The van der Waals surface area contributed by atoms with Gasteiger partial charge in [-0.05, 0) is 12.1 Å². The third kappa shape index (κ3) is 1.60. The van der Waals surface area contributed by atoms with Crippen molar-refractivity contribution in [1.82, 2.24) is 14.7 Å². The van der Waals surface area contributed by atoms with Crippen LogP contribution >= 0.6 is 0 Å². The van der Waals surface area contributed by atoms with Crippen molar-refractivity contribution in [2.75, 3.05) is 7.05 Å². The molecule has 2 rings (SSSR count). The number of pyridine rings is 1. The number of rotatable bonds is 3. The van der Waals surface area contributed by atoms with Gasteiger partial charge in [0.15, 0.2) is 5.70 Å². The predicted octanol–water partition coefficient (Wildman–Crippen LogP) is 1.17. The Balaban J connectivity index is 2.59. The first-order chi connectivity index (χ1) is 7.76. The fourth-order valence-electron chi connectivity index (χ4n) is 1.42. The van der Waals surface area contributed by atoms with E-state index in [1.807, 2.05) is 28.8 Å². The number of nitrogens with zero attached hydrogens (tertiary/aromatic N) is 3. The first kappa shape index (κ1) is 10.2. The fourth-order valence-corrected chi connectivity index (χ4v) is 1.42. The second-order valence-electron chi connectivity index (χ2n) is 3.22. The molecule has 0 aliphatic rings. The van der Waals surface area contributed by atoms with Gasteiger partial charge in [-0.2, -0.15) is 5.11 Å². The molecule has 2 aromatic rings. The maximum atomic E-state index is 7.10. The molecule has 2 heterocycles. The first-order valence-corrected chi connectivity index (χ1v) is 4.75. The molecule has 6 nitrogen and oxygen atoms in total. The monoisotopic (exact) mass is 216 g/mol. The van der Waals surface area contributed by atoms with E-state index in [1.54, 1.807) is 13.2 Å². The Labute approximate surface area is 92.3 Å². The fraction of sp³-hybridized carbons (Fsp3) is 0.100. The zero-order valence-electron chi connectivity index (χ0n) is 8.81. The van der Waals surface area contributed by atoms with Gasteiger partial charge in [0.2, 0.25) is 0 Å². The number of nitrogens with one attached hydrogen (secondary N) is 2. The number of hydrogen-bond acceptors (Lipinski definition) is 5. The lowest BCUT2D eigenvalue weighted by Gasteiger charge is -2.01. The summed E-state index contributed by atoms with van der Waals surface area (Å²) < 4.78 is 1.85. The van der Waals surface area contributed by atoms with Gasteiger partial charge in [0, 0.05) is 19.4 Å². The summed E-state index contributed by atoms with van der Waals surface area (Å²) in [4.78, 5) is 4.32. The maximum Gasteiger partial charge on any atom is 0.152 e. The number of imidazole rings is 1. The summed E-state index contributed by atoms with van der Waals surface area (Å²) in [7, 11) is 1.68. The van der Waals surface area contributed by atoms with Crippen molar-refractivity contribution in [3.8, 4) is 0 Å². The molecule has 2 aromatic heterocycles. The van der Waals surface area contributed by atoms with Gasteiger partial charge < -0.3 is 15.5 Å². The molecule has 6 heteroatoms. The average molecular weight is 216 g/mol. The summed E-state index contributed by atoms with van der Waals surface area (Å²) in [5, 5.41) is 6.14. The minimum absolute atomic E-state index is 0.332. The van der Waals surface area contributed by atoms with E-state index in [1.165, 1.54) is 0 Å².